The van der Waals surface area contributed by atoms with Gasteiger partial charge in [0.1, 0.15) is 0 Å². The average Bonchev–Trinajstić information content (AvgIpc) is 3.01. The molecular formula is C21H21ClN2O4. The summed E-state index contributed by atoms with van der Waals surface area (Å²) in [6.45, 7) is 3.70. The number of anilines is 2. The molecule has 146 valence electrons. The fourth-order valence-electron chi connectivity index (χ4n) is 3.23. The molecule has 1 fully saturated rings. The van der Waals surface area contributed by atoms with Gasteiger partial charge in [-0.15, -0.1) is 0 Å². The van der Waals surface area contributed by atoms with Crippen molar-refractivity contribution in [1.82, 2.24) is 0 Å². The molecule has 0 saturated carbocycles. The highest BCUT2D eigenvalue weighted by Gasteiger charge is 2.36. The standard InChI is InChI=1S/C21H21ClN2O4/c1-13-7-14(2)9-17(8-13)23-19(25)12-28-21(27)15-10-20(26)24(11-15)18-5-3-16(22)4-6-18/h3-9,15H,10-12H2,1-2H3,(H,23,25)/t15-/m1/s1. The molecule has 2 amide bonds. The maximum absolute atomic E-state index is 12.3. The molecule has 1 heterocycles. The van der Waals surface area contributed by atoms with Crippen LogP contribution in [0.1, 0.15) is 17.5 Å². The Morgan fingerprint density at radius 3 is 2.43 bits per heavy atom. The summed E-state index contributed by atoms with van der Waals surface area (Å²) in [6.07, 6.45) is 0.0557. The topological polar surface area (TPSA) is 75.7 Å². The van der Waals surface area contributed by atoms with Crippen molar-refractivity contribution in [2.24, 2.45) is 5.92 Å². The predicted molar refractivity (Wildman–Crippen MR) is 107 cm³/mol. The Bertz CT molecular complexity index is 891. The van der Waals surface area contributed by atoms with Gasteiger partial charge in [-0.2, -0.15) is 0 Å². The van der Waals surface area contributed by atoms with E-state index in [0.717, 1.165) is 11.1 Å². The zero-order valence-corrected chi connectivity index (χ0v) is 16.5. The molecule has 6 nitrogen and oxygen atoms in total. The van der Waals surface area contributed by atoms with Crippen LogP contribution < -0.4 is 10.2 Å². The lowest BCUT2D eigenvalue weighted by Gasteiger charge is -2.16. The maximum Gasteiger partial charge on any atom is 0.311 e. The molecule has 28 heavy (non-hydrogen) atoms. The predicted octanol–water partition coefficient (Wildman–Crippen LogP) is 3.49. The second-order valence-electron chi connectivity index (χ2n) is 6.91. The summed E-state index contributed by atoms with van der Waals surface area (Å²) in [6, 6.07) is 12.5. The molecule has 1 atom stereocenters. The van der Waals surface area contributed by atoms with Crippen molar-refractivity contribution in [2.45, 2.75) is 20.3 Å². The smallest absolute Gasteiger partial charge is 0.311 e. The van der Waals surface area contributed by atoms with E-state index in [9.17, 15) is 14.4 Å². The Morgan fingerprint density at radius 2 is 1.79 bits per heavy atom. The first-order valence-electron chi connectivity index (χ1n) is 8.92. The summed E-state index contributed by atoms with van der Waals surface area (Å²) in [7, 11) is 0. The van der Waals surface area contributed by atoms with Gasteiger partial charge in [-0.25, -0.2) is 0 Å². The quantitative estimate of drug-likeness (QED) is 0.779. The van der Waals surface area contributed by atoms with Gasteiger partial charge in [-0.1, -0.05) is 17.7 Å². The minimum absolute atomic E-state index is 0.0557. The third-order valence-corrected chi connectivity index (χ3v) is 4.70. The average molecular weight is 401 g/mol. The Labute approximate surface area is 168 Å². The summed E-state index contributed by atoms with van der Waals surface area (Å²) >= 11 is 5.86. The van der Waals surface area contributed by atoms with Crippen molar-refractivity contribution in [3.63, 3.8) is 0 Å². The zero-order valence-electron chi connectivity index (χ0n) is 15.7. The van der Waals surface area contributed by atoms with Gasteiger partial charge < -0.3 is 15.0 Å². The molecule has 1 N–H and O–H groups in total. The molecule has 1 aliphatic heterocycles. The molecule has 3 rings (SSSR count). The second-order valence-corrected chi connectivity index (χ2v) is 7.35. The third-order valence-electron chi connectivity index (χ3n) is 4.45. The lowest BCUT2D eigenvalue weighted by Crippen LogP contribution is -2.28. The van der Waals surface area contributed by atoms with E-state index in [-0.39, 0.29) is 18.9 Å². The fraction of sp³-hybridized carbons (Fsp3) is 0.286. The first kappa shape index (κ1) is 19.9. The van der Waals surface area contributed by atoms with Crippen molar-refractivity contribution in [2.75, 3.05) is 23.4 Å². The summed E-state index contributed by atoms with van der Waals surface area (Å²) in [4.78, 5) is 38.1. The number of halogens is 1. The molecule has 1 saturated heterocycles. The van der Waals surface area contributed by atoms with E-state index >= 15 is 0 Å². The van der Waals surface area contributed by atoms with Crippen LogP contribution in [0.25, 0.3) is 0 Å². The third kappa shape index (κ3) is 4.89. The molecule has 1 aliphatic rings. The Balaban J connectivity index is 1.53. The van der Waals surface area contributed by atoms with E-state index in [1.807, 2.05) is 32.0 Å². The number of amides is 2. The van der Waals surface area contributed by atoms with Crippen LogP contribution in [0.4, 0.5) is 11.4 Å². The van der Waals surface area contributed by atoms with Crippen LogP contribution >= 0.6 is 11.6 Å². The molecule has 0 radical (unpaired) electrons. The van der Waals surface area contributed by atoms with Crippen LogP contribution in [0, 0.1) is 19.8 Å². The van der Waals surface area contributed by atoms with Crippen LogP contribution in [0.3, 0.4) is 0 Å². The normalized spacial score (nSPS) is 16.2. The lowest BCUT2D eigenvalue weighted by atomic mass is 10.1. The number of nitrogens with one attached hydrogen (secondary N) is 1. The van der Waals surface area contributed by atoms with Crippen molar-refractivity contribution in [3.05, 3.63) is 58.6 Å². The minimum atomic E-state index is -0.600. The number of ether oxygens (including phenoxy) is 1. The fourth-order valence-corrected chi connectivity index (χ4v) is 3.36. The van der Waals surface area contributed by atoms with Crippen LogP contribution in [0.15, 0.2) is 42.5 Å². The van der Waals surface area contributed by atoms with Crippen molar-refractivity contribution < 1.29 is 19.1 Å². The lowest BCUT2D eigenvalue weighted by molar-refractivity contribution is -0.151. The molecule has 0 unspecified atom stereocenters. The Hall–Kier alpha value is -2.86. The number of carbonyl (C=O) groups excluding carboxylic acids is 3. The van der Waals surface area contributed by atoms with Gasteiger partial charge in [-0.05, 0) is 61.4 Å². The second kappa shape index (κ2) is 8.44. The van der Waals surface area contributed by atoms with Gasteiger partial charge in [0.2, 0.25) is 5.91 Å². The summed E-state index contributed by atoms with van der Waals surface area (Å²) in [5.74, 6) is -1.74. The van der Waals surface area contributed by atoms with E-state index in [0.29, 0.717) is 16.4 Å². The number of aryl methyl sites for hydroxylation is 2. The molecule has 2 aromatic carbocycles. The molecule has 0 spiro atoms. The zero-order chi connectivity index (χ0) is 20.3. The Morgan fingerprint density at radius 1 is 1.14 bits per heavy atom. The molecular weight excluding hydrogens is 380 g/mol. The van der Waals surface area contributed by atoms with Crippen LogP contribution in [0.2, 0.25) is 5.02 Å². The van der Waals surface area contributed by atoms with Gasteiger partial charge in [0.25, 0.3) is 5.91 Å². The first-order valence-corrected chi connectivity index (χ1v) is 9.30. The highest BCUT2D eigenvalue weighted by Crippen LogP contribution is 2.27. The van der Waals surface area contributed by atoms with Crippen molar-refractivity contribution in [1.29, 1.82) is 0 Å². The number of benzene rings is 2. The van der Waals surface area contributed by atoms with Gasteiger partial charge in [0.05, 0.1) is 5.92 Å². The van der Waals surface area contributed by atoms with Gasteiger partial charge in [0, 0.05) is 29.4 Å². The number of hydrogen-bond donors (Lipinski definition) is 1. The van der Waals surface area contributed by atoms with Gasteiger partial charge in [0.15, 0.2) is 6.61 Å². The largest absolute Gasteiger partial charge is 0.455 e. The SMILES string of the molecule is Cc1cc(C)cc(NC(=O)COC(=O)[C@@H]2CC(=O)N(c3ccc(Cl)cc3)C2)c1. The highest BCUT2D eigenvalue weighted by molar-refractivity contribution is 6.30. The van der Waals surface area contributed by atoms with E-state index < -0.39 is 24.4 Å². The van der Waals surface area contributed by atoms with Crippen LogP contribution in [0.5, 0.6) is 0 Å². The molecule has 0 bridgehead atoms. The molecule has 2 aromatic rings. The van der Waals surface area contributed by atoms with Crippen molar-refractivity contribution >= 4 is 40.8 Å². The number of hydrogen-bond acceptors (Lipinski definition) is 4. The van der Waals surface area contributed by atoms with Gasteiger partial charge >= 0.3 is 5.97 Å². The Kier molecular flexibility index (Phi) is 5.99. The number of rotatable bonds is 5. The van der Waals surface area contributed by atoms with Crippen LogP contribution in [-0.2, 0) is 19.1 Å². The van der Waals surface area contributed by atoms with E-state index in [4.69, 9.17) is 16.3 Å². The van der Waals surface area contributed by atoms with E-state index in [1.54, 1.807) is 24.3 Å². The van der Waals surface area contributed by atoms with E-state index in [2.05, 4.69) is 5.32 Å². The number of nitrogens with zero attached hydrogens (tertiary/aromatic N) is 1. The number of carbonyl (C=O) groups is 3. The summed E-state index contributed by atoms with van der Waals surface area (Å²) in [5, 5.41) is 3.28. The molecule has 0 aromatic heterocycles. The van der Waals surface area contributed by atoms with Gasteiger partial charge in [-0.3, -0.25) is 14.4 Å². The van der Waals surface area contributed by atoms with E-state index in [1.165, 1.54) is 4.90 Å². The van der Waals surface area contributed by atoms with Crippen molar-refractivity contribution in [3.8, 4) is 0 Å². The minimum Gasteiger partial charge on any atom is -0.455 e. The monoisotopic (exact) mass is 400 g/mol. The summed E-state index contributed by atoms with van der Waals surface area (Å²) in [5.41, 5.74) is 3.39. The summed E-state index contributed by atoms with van der Waals surface area (Å²) < 4.78 is 5.12. The first-order chi connectivity index (χ1) is 13.3. The highest BCUT2D eigenvalue weighted by atomic mass is 35.5. The molecule has 0 aliphatic carbocycles. The maximum atomic E-state index is 12.3. The van der Waals surface area contributed by atoms with Crippen LogP contribution in [-0.4, -0.2) is 30.9 Å². The molecule has 7 heteroatoms. The number of esters is 1.